The number of anilines is 1. The molecule has 1 aliphatic carbocycles. The summed E-state index contributed by atoms with van der Waals surface area (Å²) in [6, 6.07) is 13.9. The standard InChI is InChI=1S/C37H45N5O6/c1-21(2)18-29(37(45)38-17-16-33-41-27-10-8-9-11-30(27)42(33)4)40-28-15-13-24-25(20-31(28)44)26(39-22(3)43)14-12-23-19-32(46-5)35(47-6)36(48-7)34(23)24/h8-11,13,15,19-21,26,29H,12,14,16-18H2,1-7H3,(H,38,45)(H,39,43)(H,40,44). The number of benzene rings is 2. The molecule has 3 aromatic carbocycles. The number of methoxy groups -OCH3 is 3. The highest BCUT2D eigenvalue weighted by molar-refractivity contribution is 5.86. The molecule has 0 saturated carbocycles. The maximum absolute atomic E-state index is 13.9. The molecule has 1 aliphatic rings. The van der Waals surface area contributed by atoms with E-state index in [2.05, 4.69) is 16.0 Å². The molecule has 0 fully saturated rings. The maximum atomic E-state index is 13.9. The second-order valence-corrected chi connectivity index (χ2v) is 12.5. The molecule has 5 rings (SSSR count). The summed E-state index contributed by atoms with van der Waals surface area (Å²) >= 11 is 0. The molecule has 1 heterocycles. The molecular weight excluding hydrogens is 610 g/mol. The number of nitrogens with zero attached hydrogens (tertiary/aromatic N) is 2. The SMILES string of the molecule is COc1cc2c(c(OC)c1OC)-c1ccc(NC(CC(C)C)C(=O)NCCc3nc4ccccc4n3C)c(=O)cc1C(NC(C)=O)CC2. The van der Waals surface area contributed by atoms with E-state index in [0.29, 0.717) is 55.0 Å². The second kappa shape index (κ2) is 14.8. The van der Waals surface area contributed by atoms with E-state index in [1.54, 1.807) is 33.5 Å². The van der Waals surface area contributed by atoms with Crippen molar-refractivity contribution >= 4 is 28.5 Å². The van der Waals surface area contributed by atoms with Gasteiger partial charge in [0.05, 0.1) is 44.1 Å². The van der Waals surface area contributed by atoms with Crippen molar-refractivity contribution in [3.8, 4) is 28.4 Å². The average molecular weight is 656 g/mol. The molecule has 0 bridgehead atoms. The Morgan fingerprint density at radius 3 is 2.44 bits per heavy atom. The van der Waals surface area contributed by atoms with Crippen molar-refractivity contribution in [2.75, 3.05) is 33.2 Å². The van der Waals surface area contributed by atoms with Crippen molar-refractivity contribution in [1.29, 1.82) is 0 Å². The lowest BCUT2D eigenvalue weighted by molar-refractivity contribution is -0.122. The lowest BCUT2D eigenvalue weighted by Gasteiger charge is -2.20. The van der Waals surface area contributed by atoms with Crippen molar-refractivity contribution in [1.82, 2.24) is 20.2 Å². The van der Waals surface area contributed by atoms with Crippen LogP contribution in [0.15, 0.2) is 53.3 Å². The van der Waals surface area contributed by atoms with Crippen LogP contribution in [-0.2, 0) is 29.5 Å². The van der Waals surface area contributed by atoms with E-state index in [4.69, 9.17) is 19.2 Å². The summed E-state index contributed by atoms with van der Waals surface area (Å²) in [4.78, 5) is 44.5. The van der Waals surface area contributed by atoms with Gasteiger partial charge in [-0.1, -0.05) is 32.0 Å². The average Bonchev–Trinajstić information content (AvgIpc) is 3.19. The molecule has 2 amide bonds. The van der Waals surface area contributed by atoms with Crippen LogP contribution in [0.5, 0.6) is 17.2 Å². The summed E-state index contributed by atoms with van der Waals surface area (Å²) < 4.78 is 19.2. The fourth-order valence-electron chi connectivity index (χ4n) is 6.56. The summed E-state index contributed by atoms with van der Waals surface area (Å²) in [7, 11) is 6.65. The van der Waals surface area contributed by atoms with Gasteiger partial charge in [0.25, 0.3) is 0 Å². The summed E-state index contributed by atoms with van der Waals surface area (Å²) in [5, 5.41) is 9.34. The smallest absolute Gasteiger partial charge is 0.242 e. The van der Waals surface area contributed by atoms with Gasteiger partial charge in [0, 0.05) is 32.5 Å². The first kappa shape index (κ1) is 34.3. The highest BCUT2D eigenvalue weighted by Crippen LogP contribution is 2.50. The molecule has 1 aromatic heterocycles. The Hall–Kier alpha value is -5.06. The normalized spacial score (nSPS) is 14.4. The molecule has 11 heteroatoms. The van der Waals surface area contributed by atoms with E-state index in [1.165, 1.54) is 6.92 Å². The summed E-state index contributed by atoms with van der Waals surface area (Å²) in [6.07, 6.45) is 2.22. The van der Waals surface area contributed by atoms with E-state index >= 15 is 0 Å². The third-order valence-corrected chi connectivity index (χ3v) is 8.80. The van der Waals surface area contributed by atoms with Gasteiger partial charge in [-0.25, -0.2) is 4.98 Å². The summed E-state index contributed by atoms with van der Waals surface area (Å²) in [5.74, 6) is 2.09. The van der Waals surface area contributed by atoms with Crippen LogP contribution in [0.2, 0.25) is 0 Å². The fourth-order valence-corrected chi connectivity index (χ4v) is 6.56. The number of hydrogen-bond donors (Lipinski definition) is 3. The molecular formula is C37H45N5O6. The van der Waals surface area contributed by atoms with Gasteiger partial charge in [0.15, 0.2) is 11.5 Å². The first-order valence-corrected chi connectivity index (χ1v) is 16.3. The Bertz CT molecular complexity index is 1880. The molecule has 0 spiro atoms. The topological polar surface area (TPSA) is 133 Å². The fraction of sp³-hybridized carbons (Fsp3) is 0.405. The minimum absolute atomic E-state index is 0.181. The van der Waals surface area contributed by atoms with Crippen LogP contribution in [-0.4, -0.2) is 55.3 Å². The number of fused-ring (bicyclic) bond motifs is 4. The van der Waals surface area contributed by atoms with Crippen LogP contribution >= 0.6 is 0 Å². The van der Waals surface area contributed by atoms with Crippen molar-refractivity contribution in [2.45, 2.75) is 58.5 Å². The third-order valence-electron chi connectivity index (χ3n) is 8.80. The van der Waals surface area contributed by atoms with Gasteiger partial charge in [-0.2, -0.15) is 0 Å². The van der Waals surface area contributed by atoms with Gasteiger partial charge in [-0.15, -0.1) is 0 Å². The number of aryl methyl sites for hydroxylation is 2. The maximum Gasteiger partial charge on any atom is 0.242 e. The van der Waals surface area contributed by atoms with Gasteiger partial charge in [-0.05, 0) is 72.2 Å². The number of rotatable bonds is 12. The van der Waals surface area contributed by atoms with E-state index < -0.39 is 12.1 Å². The van der Waals surface area contributed by atoms with Crippen LogP contribution in [0.25, 0.3) is 22.2 Å². The van der Waals surface area contributed by atoms with Crippen LogP contribution in [0.1, 0.15) is 56.6 Å². The molecule has 3 N–H and O–H groups in total. The minimum Gasteiger partial charge on any atom is -0.493 e. The first-order valence-electron chi connectivity index (χ1n) is 16.3. The number of nitrogens with one attached hydrogen (secondary N) is 3. The first-order chi connectivity index (χ1) is 23.1. The molecule has 254 valence electrons. The Morgan fingerprint density at radius 2 is 1.77 bits per heavy atom. The summed E-state index contributed by atoms with van der Waals surface area (Å²) in [5.41, 5.74) is 5.00. The van der Waals surface area contributed by atoms with Crippen molar-refractivity contribution in [2.24, 2.45) is 13.0 Å². The molecule has 0 radical (unpaired) electrons. The van der Waals surface area contributed by atoms with E-state index in [9.17, 15) is 14.4 Å². The monoisotopic (exact) mass is 655 g/mol. The van der Waals surface area contributed by atoms with Crippen LogP contribution < -0.4 is 35.6 Å². The lowest BCUT2D eigenvalue weighted by atomic mass is 9.95. The van der Waals surface area contributed by atoms with Crippen LogP contribution in [0, 0.1) is 5.92 Å². The van der Waals surface area contributed by atoms with Crippen molar-refractivity contribution < 1.29 is 23.8 Å². The second-order valence-electron chi connectivity index (χ2n) is 12.5. The zero-order chi connectivity index (χ0) is 34.5. The van der Waals surface area contributed by atoms with Gasteiger partial charge < -0.3 is 34.7 Å². The Balaban J connectivity index is 1.49. The van der Waals surface area contributed by atoms with E-state index in [-0.39, 0.29) is 28.8 Å². The van der Waals surface area contributed by atoms with Crippen molar-refractivity contribution in [3.63, 3.8) is 0 Å². The number of imidazole rings is 1. The lowest BCUT2D eigenvalue weighted by Crippen LogP contribution is -2.42. The van der Waals surface area contributed by atoms with E-state index in [1.807, 2.05) is 61.9 Å². The quantitative estimate of drug-likeness (QED) is 0.196. The molecule has 2 unspecified atom stereocenters. The summed E-state index contributed by atoms with van der Waals surface area (Å²) in [6.45, 7) is 5.93. The minimum atomic E-state index is -0.655. The van der Waals surface area contributed by atoms with Gasteiger partial charge in [0.1, 0.15) is 11.9 Å². The van der Waals surface area contributed by atoms with Crippen LogP contribution in [0.4, 0.5) is 5.69 Å². The Labute approximate surface area is 281 Å². The number of amides is 2. The predicted octanol–water partition coefficient (Wildman–Crippen LogP) is 4.94. The molecule has 2 atom stereocenters. The van der Waals surface area contributed by atoms with Gasteiger partial charge in [0.2, 0.25) is 23.0 Å². The van der Waals surface area contributed by atoms with Gasteiger partial charge >= 0.3 is 0 Å². The predicted molar refractivity (Wildman–Crippen MR) is 187 cm³/mol. The molecule has 0 aliphatic heterocycles. The highest BCUT2D eigenvalue weighted by atomic mass is 16.5. The number of ether oxygens (including phenoxy) is 3. The van der Waals surface area contributed by atoms with E-state index in [0.717, 1.165) is 33.5 Å². The molecule has 0 saturated heterocycles. The van der Waals surface area contributed by atoms with Gasteiger partial charge in [-0.3, -0.25) is 14.4 Å². The third kappa shape index (κ3) is 7.10. The number of aromatic nitrogens is 2. The zero-order valence-electron chi connectivity index (χ0n) is 28.7. The van der Waals surface area contributed by atoms with Crippen LogP contribution in [0.3, 0.4) is 0 Å². The Kier molecular flexibility index (Phi) is 10.6. The number of carbonyl (C=O) groups is 2. The zero-order valence-corrected chi connectivity index (χ0v) is 28.7. The molecule has 48 heavy (non-hydrogen) atoms. The Morgan fingerprint density at radius 1 is 1.02 bits per heavy atom. The molecule has 4 aromatic rings. The van der Waals surface area contributed by atoms with Crippen molar-refractivity contribution in [3.05, 3.63) is 75.7 Å². The number of carbonyl (C=O) groups excluding carboxylic acids is 2. The number of para-hydroxylation sites is 2. The highest BCUT2D eigenvalue weighted by Gasteiger charge is 2.30. The number of hydrogen-bond acceptors (Lipinski definition) is 8. The largest absolute Gasteiger partial charge is 0.493 e. The molecule has 11 nitrogen and oxygen atoms in total.